The Morgan fingerprint density at radius 3 is 1.21 bits per heavy atom. The summed E-state index contributed by atoms with van der Waals surface area (Å²) >= 11 is 0. The van der Waals surface area contributed by atoms with Crippen molar-refractivity contribution in [2.75, 3.05) is 12.8 Å². The molecular formula is C24H52NaO2P. The molecule has 0 spiro atoms. The van der Waals surface area contributed by atoms with Crippen molar-refractivity contribution in [2.45, 2.75) is 142 Å². The van der Waals surface area contributed by atoms with E-state index in [0.29, 0.717) is 6.61 Å². The minimum atomic E-state index is -1.76. The van der Waals surface area contributed by atoms with Crippen molar-refractivity contribution in [2.24, 2.45) is 0 Å². The Morgan fingerprint density at radius 1 is 0.500 bits per heavy atom. The molecule has 4 heteroatoms. The molecule has 0 aliphatic carbocycles. The maximum absolute atomic E-state index is 11.9. The molecule has 0 radical (unpaired) electrons. The summed E-state index contributed by atoms with van der Waals surface area (Å²) in [5.74, 6) is 0. The van der Waals surface area contributed by atoms with Gasteiger partial charge in [0.2, 0.25) is 0 Å². The summed E-state index contributed by atoms with van der Waals surface area (Å²) in [6.45, 7) is 5.26. The van der Waals surface area contributed by atoms with Crippen LogP contribution in [0.25, 0.3) is 0 Å². The molecule has 0 N–H and O–H groups in total. The van der Waals surface area contributed by atoms with Crippen molar-refractivity contribution in [3.63, 3.8) is 0 Å². The van der Waals surface area contributed by atoms with Gasteiger partial charge in [0.1, 0.15) is 0 Å². The van der Waals surface area contributed by atoms with Crippen LogP contribution in [0.1, 0.15) is 142 Å². The summed E-state index contributed by atoms with van der Waals surface area (Å²) < 4.78 is 17.4. The number of unbranched alkanes of at least 4 members (excludes halogenated alkanes) is 18. The van der Waals surface area contributed by atoms with Gasteiger partial charge in [0.05, 0.1) is 6.61 Å². The fourth-order valence-corrected chi connectivity index (χ4v) is 4.66. The summed E-state index contributed by atoms with van der Waals surface area (Å²) in [6, 6.07) is 0. The van der Waals surface area contributed by atoms with Crippen LogP contribution in [0, 0.1) is 0 Å². The van der Waals surface area contributed by atoms with Gasteiger partial charge in [0.25, 0.3) is 0 Å². The Balaban J connectivity index is 0. The molecule has 1 unspecified atom stereocenters. The summed E-state index contributed by atoms with van der Waals surface area (Å²) in [5, 5.41) is 0. The quantitative estimate of drug-likeness (QED) is 0.0928. The van der Waals surface area contributed by atoms with Crippen LogP contribution in [0.3, 0.4) is 0 Å². The predicted octanol–water partition coefficient (Wildman–Crippen LogP) is 8.67. The topological polar surface area (TPSA) is 26.3 Å². The third kappa shape index (κ3) is 27.2. The zero-order chi connectivity index (χ0) is 19.8. The number of hydrogen-bond acceptors (Lipinski definition) is 2. The third-order valence-corrected chi connectivity index (χ3v) is 6.78. The first-order valence-electron chi connectivity index (χ1n) is 12.5. The van der Waals surface area contributed by atoms with E-state index in [4.69, 9.17) is 4.52 Å². The van der Waals surface area contributed by atoms with Crippen LogP contribution < -0.4 is 0 Å². The first-order chi connectivity index (χ1) is 13.3. The second-order valence-electron chi connectivity index (χ2n) is 8.33. The van der Waals surface area contributed by atoms with Crippen LogP contribution in [0.2, 0.25) is 0 Å². The van der Waals surface area contributed by atoms with Gasteiger partial charge >= 0.3 is 29.6 Å². The van der Waals surface area contributed by atoms with Gasteiger partial charge in [-0.3, -0.25) is 4.57 Å². The molecule has 0 aromatic carbocycles. The number of rotatable bonds is 23. The Morgan fingerprint density at radius 2 is 0.821 bits per heavy atom. The van der Waals surface area contributed by atoms with E-state index >= 15 is 0 Å². The standard InChI is InChI=1S/C24H51O2P.Na.H/c1-3-5-7-9-11-13-15-17-19-21-23-26-27(25)24-22-20-18-16-14-12-10-8-6-4-2;;/h27H,3-24H2,1-2H3;;. The summed E-state index contributed by atoms with van der Waals surface area (Å²) in [5.41, 5.74) is 0. The molecule has 0 aromatic heterocycles. The van der Waals surface area contributed by atoms with E-state index < -0.39 is 8.03 Å². The van der Waals surface area contributed by atoms with Crippen molar-refractivity contribution in [1.29, 1.82) is 0 Å². The van der Waals surface area contributed by atoms with E-state index in [9.17, 15) is 4.57 Å². The van der Waals surface area contributed by atoms with Gasteiger partial charge in [-0.25, -0.2) is 0 Å². The van der Waals surface area contributed by atoms with Crippen LogP contribution in [-0.4, -0.2) is 42.3 Å². The second kappa shape index (κ2) is 28.2. The van der Waals surface area contributed by atoms with Crippen LogP contribution in [0.15, 0.2) is 0 Å². The molecule has 0 fully saturated rings. The molecule has 0 heterocycles. The summed E-state index contributed by atoms with van der Waals surface area (Å²) in [4.78, 5) is 0. The summed E-state index contributed by atoms with van der Waals surface area (Å²) in [6.07, 6.45) is 27.5. The molecule has 0 aliphatic heterocycles. The van der Waals surface area contributed by atoms with Crippen LogP contribution in [-0.2, 0) is 9.09 Å². The zero-order valence-electron chi connectivity index (χ0n) is 18.9. The fourth-order valence-electron chi connectivity index (χ4n) is 3.60. The number of hydrogen-bond donors (Lipinski definition) is 0. The van der Waals surface area contributed by atoms with Gasteiger partial charge < -0.3 is 4.52 Å². The van der Waals surface area contributed by atoms with Gasteiger partial charge in [-0.1, -0.05) is 129 Å². The van der Waals surface area contributed by atoms with Gasteiger partial charge in [-0.15, -0.1) is 0 Å². The molecule has 1 atom stereocenters. The SMILES string of the molecule is CCCCCCCCCCCCO[PH](=O)CCCCCCCCCCCC.[NaH]. The second-order valence-corrected chi connectivity index (χ2v) is 9.87. The van der Waals surface area contributed by atoms with Crippen molar-refractivity contribution < 1.29 is 9.09 Å². The molecule has 0 saturated carbocycles. The van der Waals surface area contributed by atoms with Gasteiger partial charge in [-0.05, 0) is 12.8 Å². The van der Waals surface area contributed by atoms with Gasteiger partial charge in [-0.2, -0.15) is 0 Å². The Bertz CT molecular complexity index is 300. The first kappa shape index (κ1) is 31.4. The molecule has 0 bridgehead atoms. The molecule has 0 aromatic rings. The van der Waals surface area contributed by atoms with Crippen molar-refractivity contribution in [3.05, 3.63) is 0 Å². The molecular weight excluding hydrogens is 374 g/mol. The van der Waals surface area contributed by atoms with E-state index in [0.717, 1.165) is 19.0 Å². The molecule has 2 nitrogen and oxygen atoms in total. The predicted molar refractivity (Wildman–Crippen MR) is 131 cm³/mol. The average molecular weight is 427 g/mol. The first-order valence-corrected chi connectivity index (χ1v) is 14.0. The van der Waals surface area contributed by atoms with E-state index in [-0.39, 0.29) is 29.6 Å². The molecule has 166 valence electrons. The van der Waals surface area contributed by atoms with Gasteiger partial charge in [0, 0.05) is 6.16 Å². The van der Waals surface area contributed by atoms with E-state index in [1.54, 1.807) is 0 Å². The average Bonchev–Trinajstić information content (AvgIpc) is 2.67. The minimum absolute atomic E-state index is 0. The van der Waals surface area contributed by atoms with Crippen molar-refractivity contribution in [1.82, 2.24) is 0 Å². The monoisotopic (exact) mass is 426 g/mol. The van der Waals surface area contributed by atoms with E-state index in [2.05, 4.69) is 13.8 Å². The molecule has 0 saturated heterocycles. The van der Waals surface area contributed by atoms with Crippen LogP contribution in [0.5, 0.6) is 0 Å². The Labute approximate surface area is 200 Å². The van der Waals surface area contributed by atoms with Crippen molar-refractivity contribution >= 4 is 37.6 Å². The Hall–Kier alpha value is 1.19. The molecule has 28 heavy (non-hydrogen) atoms. The Kier molecular flexibility index (Phi) is 31.6. The van der Waals surface area contributed by atoms with Crippen LogP contribution in [0.4, 0.5) is 0 Å². The van der Waals surface area contributed by atoms with Crippen LogP contribution >= 0.6 is 8.03 Å². The molecule has 0 aliphatic rings. The molecule has 0 rings (SSSR count). The van der Waals surface area contributed by atoms with E-state index in [1.165, 1.54) is 116 Å². The van der Waals surface area contributed by atoms with Gasteiger partial charge in [0.15, 0.2) is 8.03 Å². The fraction of sp³-hybridized carbons (Fsp3) is 1.00. The third-order valence-electron chi connectivity index (χ3n) is 5.50. The van der Waals surface area contributed by atoms with Crippen molar-refractivity contribution in [3.8, 4) is 0 Å². The summed E-state index contributed by atoms with van der Waals surface area (Å²) in [7, 11) is -1.76. The normalized spacial score (nSPS) is 12.1. The zero-order valence-corrected chi connectivity index (χ0v) is 19.9. The van der Waals surface area contributed by atoms with E-state index in [1.807, 2.05) is 0 Å². The maximum atomic E-state index is 11.9. The molecule has 0 amide bonds.